The zero-order valence-corrected chi connectivity index (χ0v) is 13.2. The van der Waals surface area contributed by atoms with Gasteiger partial charge in [-0.3, -0.25) is 4.79 Å². The predicted octanol–water partition coefficient (Wildman–Crippen LogP) is 4.10. The van der Waals surface area contributed by atoms with Crippen molar-refractivity contribution in [1.29, 1.82) is 0 Å². The molecule has 0 atom stereocenters. The molecular weight excluding hydrogens is 305 g/mol. The lowest BCUT2D eigenvalue weighted by atomic mass is 10.1. The standard InChI is InChI=1S/C19H16FN3O/c1-2-16-18(23-19(24)14-6-4-3-5-7-14)21-12-17(22-16)13-8-10-15(20)11-9-13/h3-12H,2H2,1H3,(H,21,23,24). The van der Waals surface area contributed by atoms with Crippen molar-refractivity contribution in [3.63, 3.8) is 0 Å². The van der Waals surface area contributed by atoms with Gasteiger partial charge in [0.1, 0.15) is 5.82 Å². The highest BCUT2D eigenvalue weighted by Gasteiger charge is 2.12. The van der Waals surface area contributed by atoms with E-state index in [1.54, 1.807) is 42.6 Å². The van der Waals surface area contributed by atoms with Gasteiger partial charge < -0.3 is 5.32 Å². The average Bonchev–Trinajstić information content (AvgIpc) is 2.63. The van der Waals surface area contributed by atoms with Gasteiger partial charge in [0.25, 0.3) is 5.91 Å². The summed E-state index contributed by atoms with van der Waals surface area (Å²) in [5, 5.41) is 2.79. The molecule has 0 fully saturated rings. The number of hydrogen-bond acceptors (Lipinski definition) is 3. The van der Waals surface area contributed by atoms with Crippen LogP contribution < -0.4 is 5.32 Å². The first-order valence-electron chi connectivity index (χ1n) is 7.65. The zero-order valence-electron chi connectivity index (χ0n) is 13.2. The maximum absolute atomic E-state index is 13.0. The second-order valence-electron chi connectivity index (χ2n) is 5.23. The van der Waals surface area contributed by atoms with Crippen molar-refractivity contribution in [2.75, 3.05) is 5.32 Å². The molecule has 1 amide bonds. The molecule has 120 valence electrons. The lowest BCUT2D eigenvalue weighted by molar-refractivity contribution is 0.102. The Labute approximate surface area is 139 Å². The minimum Gasteiger partial charge on any atom is -0.305 e. The van der Waals surface area contributed by atoms with E-state index in [-0.39, 0.29) is 11.7 Å². The molecule has 0 aliphatic carbocycles. The van der Waals surface area contributed by atoms with E-state index in [1.807, 2.05) is 13.0 Å². The van der Waals surface area contributed by atoms with Crippen molar-refractivity contribution in [2.24, 2.45) is 0 Å². The third kappa shape index (κ3) is 3.46. The normalized spacial score (nSPS) is 10.4. The molecule has 24 heavy (non-hydrogen) atoms. The first-order valence-corrected chi connectivity index (χ1v) is 7.65. The van der Waals surface area contributed by atoms with E-state index in [4.69, 9.17) is 0 Å². The van der Waals surface area contributed by atoms with Crippen LogP contribution in [0, 0.1) is 5.82 Å². The van der Waals surface area contributed by atoms with Crippen LogP contribution >= 0.6 is 0 Å². The number of nitrogens with zero attached hydrogens (tertiary/aromatic N) is 2. The van der Waals surface area contributed by atoms with Gasteiger partial charge in [-0.1, -0.05) is 25.1 Å². The Hall–Kier alpha value is -3.08. The predicted molar refractivity (Wildman–Crippen MR) is 91.2 cm³/mol. The van der Waals surface area contributed by atoms with Crippen LogP contribution in [0.3, 0.4) is 0 Å². The van der Waals surface area contributed by atoms with Crippen molar-refractivity contribution in [3.8, 4) is 11.3 Å². The fourth-order valence-corrected chi connectivity index (χ4v) is 2.31. The first-order chi connectivity index (χ1) is 11.7. The van der Waals surface area contributed by atoms with Crippen LogP contribution in [0.4, 0.5) is 10.2 Å². The Morgan fingerprint density at radius 1 is 1.08 bits per heavy atom. The van der Waals surface area contributed by atoms with Gasteiger partial charge in [-0.15, -0.1) is 0 Å². The fraction of sp³-hybridized carbons (Fsp3) is 0.105. The van der Waals surface area contributed by atoms with Crippen molar-refractivity contribution >= 4 is 11.7 Å². The van der Waals surface area contributed by atoms with Crippen LogP contribution in [0.5, 0.6) is 0 Å². The van der Waals surface area contributed by atoms with Crippen molar-refractivity contribution in [2.45, 2.75) is 13.3 Å². The number of halogens is 1. The monoisotopic (exact) mass is 321 g/mol. The molecule has 0 aliphatic heterocycles. The Morgan fingerprint density at radius 2 is 1.79 bits per heavy atom. The summed E-state index contributed by atoms with van der Waals surface area (Å²) in [6.07, 6.45) is 2.19. The van der Waals surface area contributed by atoms with Crippen molar-refractivity contribution < 1.29 is 9.18 Å². The van der Waals surface area contributed by atoms with E-state index < -0.39 is 0 Å². The number of carbonyl (C=O) groups excluding carboxylic acids is 1. The maximum Gasteiger partial charge on any atom is 0.256 e. The molecule has 1 N–H and O–H groups in total. The van der Waals surface area contributed by atoms with Crippen LogP contribution in [-0.4, -0.2) is 15.9 Å². The van der Waals surface area contributed by atoms with Crippen LogP contribution in [0.1, 0.15) is 23.0 Å². The van der Waals surface area contributed by atoms with Crippen LogP contribution in [0.15, 0.2) is 60.8 Å². The molecule has 0 saturated carbocycles. The van der Waals surface area contributed by atoms with Gasteiger partial charge >= 0.3 is 0 Å². The van der Waals surface area contributed by atoms with Crippen molar-refractivity contribution in [1.82, 2.24) is 9.97 Å². The summed E-state index contributed by atoms with van der Waals surface area (Å²) in [5.41, 5.74) is 2.66. The highest BCUT2D eigenvalue weighted by molar-refractivity contribution is 6.04. The summed E-state index contributed by atoms with van der Waals surface area (Å²) < 4.78 is 13.0. The van der Waals surface area contributed by atoms with E-state index in [1.165, 1.54) is 12.1 Å². The third-order valence-corrected chi connectivity index (χ3v) is 3.59. The number of aryl methyl sites for hydroxylation is 1. The fourth-order valence-electron chi connectivity index (χ4n) is 2.31. The first kappa shape index (κ1) is 15.8. The number of hydrogen-bond donors (Lipinski definition) is 1. The number of rotatable bonds is 4. The molecule has 0 radical (unpaired) electrons. The Balaban J connectivity index is 1.87. The van der Waals surface area contributed by atoms with Crippen LogP contribution in [0.2, 0.25) is 0 Å². The molecule has 1 aromatic heterocycles. The molecule has 0 saturated heterocycles. The number of benzene rings is 2. The van der Waals surface area contributed by atoms with Gasteiger partial charge in [0.15, 0.2) is 5.82 Å². The highest BCUT2D eigenvalue weighted by Crippen LogP contribution is 2.20. The van der Waals surface area contributed by atoms with E-state index in [0.717, 1.165) is 5.56 Å². The molecule has 0 spiro atoms. The Bertz CT molecular complexity index is 848. The minimum atomic E-state index is -0.297. The summed E-state index contributed by atoms with van der Waals surface area (Å²) >= 11 is 0. The molecule has 3 rings (SSSR count). The topological polar surface area (TPSA) is 54.9 Å². The SMILES string of the molecule is CCc1nc(-c2ccc(F)cc2)cnc1NC(=O)c1ccccc1. The Kier molecular flexibility index (Phi) is 4.61. The average molecular weight is 321 g/mol. The summed E-state index contributed by atoms with van der Waals surface area (Å²) in [6, 6.07) is 15.0. The molecule has 1 heterocycles. The third-order valence-electron chi connectivity index (χ3n) is 3.59. The molecule has 2 aromatic carbocycles. The van der Waals surface area contributed by atoms with Gasteiger partial charge in [-0.05, 0) is 42.8 Å². The smallest absolute Gasteiger partial charge is 0.256 e. The number of carbonyl (C=O) groups is 1. The number of amides is 1. The molecule has 0 bridgehead atoms. The van der Waals surface area contributed by atoms with Gasteiger partial charge in [-0.2, -0.15) is 0 Å². The number of aromatic nitrogens is 2. The van der Waals surface area contributed by atoms with E-state index >= 15 is 0 Å². The summed E-state index contributed by atoms with van der Waals surface area (Å²) in [6.45, 7) is 1.94. The van der Waals surface area contributed by atoms with Gasteiger partial charge in [0.2, 0.25) is 0 Å². The molecule has 4 nitrogen and oxygen atoms in total. The number of nitrogens with one attached hydrogen (secondary N) is 1. The summed E-state index contributed by atoms with van der Waals surface area (Å²) in [4.78, 5) is 21.1. The lowest BCUT2D eigenvalue weighted by Gasteiger charge is -2.10. The van der Waals surface area contributed by atoms with Gasteiger partial charge in [-0.25, -0.2) is 14.4 Å². The van der Waals surface area contributed by atoms with E-state index in [0.29, 0.717) is 29.2 Å². The maximum atomic E-state index is 13.0. The minimum absolute atomic E-state index is 0.228. The largest absolute Gasteiger partial charge is 0.305 e. The zero-order chi connectivity index (χ0) is 16.9. The molecule has 0 unspecified atom stereocenters. The van der Waals surface area contributed by atoms with Crippen molar-refractivity contribution in [3.05, 3.63) is 77.9 Å². The quantitative estimate of drug-likeness (QED) is 0.787. The van der Waals surface area contributed by atoms with Crippen LogP contribution in [0.25, 0.3) is 11.3 Å². The molecule has 0 aliphatic rings. The van der Waals surface area contributed by atoms with E-state index in [2.05, 4.69) is 15.3 Å². The summed E-state index contributed by atoms with van der Waals surface area (Å²) in [5.74, 6) is -0.0829. The second-order valence-corrected chi connectivity index (χ2v) is 5.23. The molecular formula is C19H16FN3O. The van der Waals surface area contributed by atoms with E-state index in [9.17, 15) is 9.18 Å². The second kappa shape index (κ2) is 7.00. The molecule has 5 heteroatoms. The number of anilines is 1. The highest BCUT2D eigenvalue weighted by atomic mass is 19.1. The Morgan fingerprint density at radius 3 is 2.46 bits per heavy atom. The van der Waals surface area contributed by atoms with Gasteiger partial charge in [0.05, 0.1) is 17.6 Å². The molecule has 3 aromatic rings. The summed E-state index contributed by atoms with van der Waals surface area (Å²) in [7, 11) is 0. The van der Waals surface area contributed by atoms with Crippen LogP contribution in [-0.2, 0) is 6.42 Å². The van der Waals surface area contributed by atoms with Gasteiger partial charge in [0, 0.05) is 11.1 Å². The lowest BCUT2D eigenvalue weighted by Crippen LogP contribution is -2.15.